The summed E-state index contributed by atoms with van der Waals surface area (Å²) in [5.74, 6) is 2.51. The summed E-state index contributed by atoms with van der Waals surface area (Å²) in [6.07, 6.45) is 11.9. The monoisotopic (exact) mass is 561 g/mol. The molecule has 2 aliphatic heterocycles. The van der Waals surface area contributed by atoms with E-state index < -0.39 is 10.0 Å². The molecule has 3 atom stereocenters. The van der Waals surface area contributed by atoms with Gasteiger partial charge in [0.2, 0.25) is 15.9 Å². The number of amides is 1. The van der Waals surface area contributed by atoms with Crippen molar-refractivity contribution in [2.24, 2.45) is 11.8 Å². The largest absolute Gasteiger partial charge is 0.457 e. The third-order valence-corrected chi connectivity index (χ3v) is 8.83. The second-order valence-electron chi connectivity index (χ2n) is 11.1. The number of hydrogen-bond donors (Lipinski definition) is 2. The number of benzene rings is 2. The average Bonchev–Trinajstić information content (AvgIpc) is 3.10. The third kappa shape index (κ3) is 7.64. The average molecular weight is 562 g/mol. The van der Waals surface area contributed by atoms with Gasteiger partial charge >= 0.3 is 0 Å². The predicted molar refractivity (Wildman–Crippen MR) is 153 cm³/mol. The van der Waals surface area contributed by atoms with E-state index in [1.807, 2.05) is 12.1 Å². The van der Waals surface area contributed by atoms with Crippen LogP contribution in [-0.4, -0.2) is 44.1 Å². The number of nitrogens with zero attached hydrogens (tertiary/aromatic N) is 1. The predicted octanol–water partition coefficient (Wildman–Crippen LogP) is 5.71. The van der Waals surface area contributed by atoms with Crippen molar-refractivity contribution in [3.05, 3.63) is 54.1 Å². The summed E-state index contributed by atoms with van der Waals surface area (Å²) in [5, 5.41) is 3.29. The topological polar surface area (TPSA) is 87.7 Å². The molecule has 3 fully saturated rings. The number of piperidine rings is 1. The number of nitrogens with one attached hydrogen (secondary N) is 2. The minimum absolute atomic E-state index is 0. The van der Waals surface area contributed by atoms with Gasteiger partial charge in [0.15, 0.2) is 0 Å². The molecule has 9 heteroatoms. The first kappa shape index (κ1) is 28.7. The molecule has 3 aliphatic rings. The van der Waals surface area contributed by atoms with E-state index in [1.165, 1.54) is 50.5 Å². The number of carbonyl (C=O) groups excluding carboxylic acids is 1. The van der Waals surface area contributed by atoms with Gasteiger partial charge in [0, 0.05) is 36.8 Å². The van der Waals surface area contributed by atoms with Crippen molar-refractivity contribution in [1.29, 1.82) is 0 Å². The van der Waals surface area contributed by atoms with Crippen molar-refractivity contribution in [3.63, 3.8) is 0 Å². The van der Waals surface area contributed by atoms with Crippen LogP contribution < -0.4 is 14.8 Å². The van der Waals surface area contributed by atoms with E-state index in [-0.39, 0.29) is 24.2 Å². The van der Waals surface area contributed by atoms with Crippen LogP contribution in [0, 0.1) is 11.8 Å². The molecule has 7 nitrogen and oxygen atoms in total. The van der Waals surface area contributed by atoms with Crippen LogP contribution in [0.15, 0.2) is 48.5 Å². The Balaban J connectivity index is 0.00000336. The van der Waals surface area contributed by atoms with Crippen LogP contribution >= 0.6 is 12.4 Å². The summed E-state index contributed by atoms with van der Waals surface area (Å²) in [7, 11) is -3.30. The number of sulfonamides is 1. The van der Waals surface area contributed by atoms with E-state index in [4.69, 9.17) is 4.74 Å². The second kappa shape index (κ2) is 12.7. The molecule has 2 heterocycles. The lowest BCUT2D eigenvalue weighted by Crippen LogP contribution is -2.47. The van der Waals surface area contributed by atoms with Gasteiger partial charge in [0.05, 0.1) is 6.26 Å². The maximum Gasteiger partial charge on any atom is 0.229 e. The Morgan fingerprint density at radius 2 is 1.47 bits per heavy atom. The lowest BCUT2D eigenvalue weighted by Gasteiger charge is -2.38. The summed E-state index contributed by atoms with van der Waals surface area (Å²) in [4.78, 5) is 15.5. The zero-order valence-electron chi connectivity index (χ0n) is 22.1. The van der Waals surface area contributed by atoms with Gasteiger partial charge in [-0.05, 0) is 86.4 Å². The summed E-state index contributed by atoms with van der Waals surface area (Å²) in [5.41, 5.74) is 1.75. The fourth-order valence-corrected chi connectivity index (χ4v) is 6.91. The maximum atomic E-state index is 12.9. The highest BCUT2D eigenvalue weighted by molar-refractivity contribution is 7.92. The summed E-state index contributed by atoms with van der Waals surface area (Å²) >= 11 is 0. The fraction of sp³-hybridized carbons (Fsp3) is 0.552. The van der Waals surface area contributed by atoms with E-state index in [1.54, 1.807) is 24.3 Å². The third-order valence-electron chi connectivity index (χ3n) is 8.23. The van der Waals surface area contributed by atoms with E-state index in [2.05, 4.69) is 27.1 Å². The number of hydrogen-bond acceptors (Lipinski definition) is 5. The number of ether oxygens (including phenoxy) is 1. The van der Waals surface area contributed by atoms with Crippen LogP contribution in [0.25, 0.3) is 0 Å². The Labute approximate surface area is 233 Å². The van der Waals surface area contributed by atoms with Crippen LogP contribution in [0.1, 0.15) is 63.4 Å². The summed E-state index contributed by atoms with van der Waals surface area (Å²) in [6.45, 7) is 1.77. The number of rotatable bonds is 9. The molecular weight excluding hydrogens is 522 g/mol. The van der Waals surface area contributed by atoms with Crippen molar-refractivity contribution in [2.75, 3.05) is 17.5 Å². The smallest absolute Gasteiger partial charge is 0.229 e. The molecule has 38 heavy (non-hydrogen) atoms. The SMILES string of the molecule is CS(=O)(=O)Nc1ccc(Oc2ccc(CN3[C@@H]4CC[C@H]3CC(C(=O)NCC3CCCCC3)C4)cc2)cc1.Cl. The second-order valence-corrected chi connectivity index (χ2v) is 12.9. The minimum atomic E-state index is -3.30. The van der Waals surface area contributed by atoms with E-state index in [0.717, 1.165) is 37.9 Å². The highest BCUT2D eigenvalue weighted by atomic mass is 35.5. The normalized spacial score (nSPS) is 23.9. The van der Waals surface area contributed by atoms with Crippen molar-refractivity contribution in [2.45, 2.75) is 76.4 Å². The molecule has 1 unspecified atom stereocenters. The van der Waals surface area contributed by atoms with E-state index in [9.17, 15) is 13.2 Å². The molecule has 1 aliphatic carbocycles. The fourth-order valence-electron chi connectivity index (χ4n) is 6.34. The number of halogens is 1. The van der Waals surface area contributed by atoms with Crippen molar-refractivity contribution < 1.29 is 17.9 Å². The highest BCUT2D eigenvalue weighted by Crippen LogP contribution is 2.40. The lowest BCUT2D eigenvalue weighted by molar-refractivity contribution is -0.127. The Morgan fingerprint density at radius 3 is 2.05 bits per heavy atom. The van der Waals surface area contributed by atoms with Crippen LogP contribution in [0.2, 0.25) is 0 Å². The Kier molecular flexibility index (Phi) is 9.60. The van der Waals surface area contributed by atoms with E-state index >= 15 is 0 Å². The van der Waals surface area contributed by atoms with Gasteiger partial charge in [-0.15, -0.1) is 12.4 Å². The number of carbonyl (C=O) groups is 1. The molecular formula is C29H40ClN3O4S. The Morgan fingerprint density at radius 1 is 0.895 bits per heavy atom. The number of anilines is 1. The zero-order chi connectivity index (χ0) is 25.8. The first-order chi connectivity index (χ1) is 17.8. The quantitative estimate of drug-likeness (QED) is 0.409. The lowest BCUT2D eigenvalue weighted by atomic mass is 9.87. The van der Waals surface area contributed by atoms with Crippen molar-refractivity contribution >= 4 is 34.0 Å². The van der Waals surface area contributed by atoms with Gasteiger partial charge in [0.1, 0.15) is 11.5 Å². The molecule has 5 rings (SSSR count). The molecule has 2 aromatic carbocycles. The van der Waals surface area contributed by atoms with Gasteiger partial charge < -0.3 is 10.1 Å². The molecule has 1 amide bonds. The van der Waals surface area contributed by atoms with Crippen LogP contribution in [0.4, 0.5) is 5.69 Å². The highest BCUT2D eigenvalue weighted by Gasteiger charge is 2.42. The van der Waals surface area contributed by atoms with Crippen LogP contribution in [0.5, 0.6) is 11.5 Å². The number of fused-ring (bicyclic) bond motifs is 2. The molecule has 2 aromatic rings. The first-order valence-corrected chi connectivity index (χ1v) is 15.6. The van der Waals surface area contributed by atoms with E-state index in [0.29, 0.717) is 29.4 Å². The van der Waals surface area contributed by atoms with Crippen molar-refractivity contribution in [3.8, 4) is 11.5 Å². The molecule has 0 aromatic heterocycles. The molecule has 2 bridgehead atoms. The molecule has 1 saturated carbocycles. The summed E-state index contributed by atoms with van der Waals surface area (Å²) < 4.78 is 31.1. The molecule has 208 valence electrons. The standard InChI is InChI=1S/C29H39N3O4S.ClH/c1-37(34,35)31-24-9-15-28(16-10-24)36-27-13-7-22(8-14-27)20-32-25-11-12-26(32)18-23(17-25)29(33)30-19-21-5-3-2-4-6-21;/h7-10,13-16,21,23,25-26,31H,2-6,11-12,17-20H2,1H3,(H,30,33);1H/t23?,25-,26+;. The van der Waals surface area contributed by atoms with Crippen molar-refractivity contribution in [1.82, 2.24) is 10.2 Å². The minimum Gasteiger partial charge on any atom is -0.457 e. The van der Waals surface area contributed by atoms with Gasteiger partial charge in [0.25, 0.3) is 0 Å². The molecule has 2 saturated heterocycles. The first-order valence-electron chi connectivity index (χ1n) is 13.7. The Bertz CT molecular complexity index is 1150. The molecule has 0 spiro atoms. The van der Waals surface area contributed by atoms with Gasteiger partial charge in [-0.3, -0.25) is 14.4 Å². The Hall–Kier alpha value is -2.29. The molecule has 0 radical (unpaired) electrons. The molecule has 2 N–H and O–H groups in total. The maximum absolute atomic E-state index is 12.9. The zero-order valence-corrected chi connectivity index (χ0v) is 23.7. The van der Waals surface area contributed by atoms with Gasteiger partial charge in [-0.25, -0.2) is 8.42 Å². The summed E-state index contributed by atoms with van der Waals surface area (Å²) in [6, 6.07) is 16.0. The van der Waals surface area contributed by atoms with Crippen LogP contribution in [-0.2, 0) is 21.4 Å². The van der Waals surface area contributed by atoms with Crippen LogP contribution in [0.3, 0.4) is 0 Å². The van der Waals surface area contributed by atoms with Gasteiger partial charge in [-0.2, -0.15) is 0 Å². The van der Waals surface area contributed by atoms with Gasteiger partial charge in [-0.1, -0.05) is 31.4 Å².